The van der Waals surface area contributed by atoms with Crippen molar-refractivity contribution in [1.29, 1.82) is 0 Å². The van der Waals surface area contributed by atoms with Gasteiger partial charge in [0.1, 0.15) is 11.6 Å². The number of phenols is 1. The van der Waals surface area contributed by atoms with Gasteiger partial charge in [-0.3, -0.25) is 4.90 Å². The van der Waals surface area contributed by atoms with E-state index in [-0.39, 0.29) is 17.6 Å². The molecule has 1 heterocycles. The van der Waals surface area contributed by atoms with Gasteiger partial charge in [0.05, 0.1) is 0 Å². The smallest absolute Gasteiger partial charge is 0.126 e. The van der Waals surface area contributed by atoms with Gasteiger partial charge < -0.3 is 10.4 Å². The molecule has 0 amide bonds. The molecule has 1 aromatic rings. The van der Waals surface area contributed by atoms with Crippen LogP contribution in [0.2, 0.25) is 0 Å². The van der Waals surface area contributed by atoms with E-state index in [2.05, 4.69) is 17.1 Å². The van der Waals surface area contributed by atoms with Crippen LogP contribution in [-0.2, 0) is 0 Å². The van der Waals surface area contributed by atoms with E-state index in [9.17, 15) is 9.50 Å². The standard InChI is InChI=1S/C17H25FN2O/c1-12(16-5-4-14(18)10-17(16)21)20-8-6-15(7-9-20)19-11-13-2-3-13/h4-5,10,12-13,15,19,21H,2-3,6-9,11H2,1H3. The molecular weight excluding hydrogens is 267 g/mol. The average molecular weight is 292 g/mol. The average Bonchev–Trinajstić information content (AvgIpc) is 3.29. The Hall–Kier alpha value is -1.13. The van der Waals surface area contributed by atoms with Gasteiger partial charge in [-0.05, 0) is 51.1 Å². The van der Waals surface area contributed by atoms with Crippen LogP contribution in [0.3, 0.4) is 0 Å². The highest BCUT2D eigenvalue weighted by Crippen LogP contribution is 2.31. The Morgan fingerprint density at radius 1 is 1.29 bits per heavy atom. The van der Waals surface area contributed by atoms with Crippen molar-refractivity contribution in [1.82, 2.24) is 10.2 Å². The number of nitrogens with zero attached hydrogens (tertiary/aromatic N) is 1. The van der Waals surface area contributed by atoms with Crippen molar-refractivity contribution in [2.24, 2.45) is 5.92 Å². The quantitative estimate of drug-likeness (QED) is 0.875. The summed E-state index contributed by atoms with van der Waals surface area (Å²) >= 11 is 0. The van der Waals surface area contributed by atoms with Crippen LogP contribution >= 0.6 is 0 Å². The number of hydrogen-bond donors (Lipinski definition) is 2. The highest BCUT2D eigenvalue weighted by atomic mass is 19.1. The zero-order chi connectivity index (χ0) is 14.8. The van der Waals surface area contributed by atoms with E-state index < -0.39 is 0 Å². The number of phenolic OH excluding ortho intramolecular Hbond substituents is 1. The third-order valence-electron chi connectivity index (χ3n) is 4.91. The number of piperidine rings is 1. The van der Waals surface area contributed by atoms with Crippen LogP contribution in [0.5, 0.6) is 5.75 Å². The van der Waals surface area contributed by atoms with Gasteiger partial charge in [-0.25, -0.2) is 4.39 Å². The molecule has 1 atom stereocenters. The first kappa shape index (κ1) is 14.8. The Kier molecular flexibility index (Phi) is 4.45. The highest BCUT2D eigenvalue weighted by Gasteiger charge is 2.27. The molecule has 1 unspecified atom stereocenters. The normalized spacial score (nSPS) is 22.4. The Bertz CT molecular complexity index is 482. The first-order valence-electron chi connectivity index (χ1n) is 8.09. The summed E-state index contributed by atoms with van der Waals surface area (Å²) in [6, 6.07) is 5.10. The molecule has 4 heteroatoms. The molecule has 2 fully saturated rings. The number of benzene rings is 1. The fourth-order valence-electron chi connectivity index (χ4n) is 3.21. The second-order valence-electron chi connectivity index (χ2n) is 6.54. The molecule has 0 bridgehead atoms. The molecule has 0 aromatic heterocycles. The second kappa shape index (κ2) is 6.32. The maximum Gasteiger partial charge on any atom is 0.126 e. The summed E-state index contributed by atoms with van der Waals surface area (Å²) in [6.07, 6.45) is 5.09. The molecule has 0 radical (unpaired) electrons. The van der Waals surface area contributed by atoms with Crippen LogP contribution in [-0.4, -0.2) is 35.7 Å². The van der Waals surface area contributed by atoms with Crippen LogP contribution in [0.15, 0.2) is 18.2 Å². The van der Waals surface area contributed by atoms with Crippen LogP contribution in [0, 0.1) is 11.7 Å². The van der Waals surface area contributed by atoms with Crippen molar-refractivity contribution in [3.63, 3.8) is 0 Å². The number of hydrogen-bond acceptors (Lipinski definition) is 3. The molecule has 1 saturated heterocycles. The van der Waals surface area contributed by atoms with Gasteiger partial charge in [0.15, 0.2) is 0 Å². The summed E-state index contributed by atoms with van der Waals surface area (Å²) < 4.78 is 13.1. The minimum absolute atomic E-state index is 0.0662. The predicted octanol–water partition coefficient (Wildman–Crippen LogP) is 3.06. The molecule has 3 nitrogen and oxygen atoms in total. The van der Waals surface area contributed by atoms with Crippen LogP contribution < -0.4 is 5.32 Å². The van der Waals surface area contributed by atoms with E-state index in [1.54, 1.807) is 6.07 Å². The van der Waals surface area contributed by atoms with Gasteiger partial charge in [0.2, 0.25) is 0 Å². The molecule has 1 aliphatic carbocycles. The van der Waals surface area contributed by atoms with Crippen molar-refractivity contribution in [3.05, 3.63) is 29.6 Å². The molecular formula is C17H25FN2O. The molecule has 2 N–H and O–H groups in total. The largest absolute Gasteiger partial charge is 0.508 e. The first-order chi connectivity index (χ1) is 10.1. The molecule has 1 aromatic carbocycles. The molecule has 1 aliphatic heterocycles. The lowest BCUT2D eigenvalue weighted by molar-refractivity contribution is 0.150. The van der Waals surface area contributed by atoms with E-state index in [4.69, 9.17) is 0 Å². The van der Waals surface area contributed by atoms with Gasteiger partial charge >= 0.3 is 0 Å². The molecule has 3 rings (SSSR count). The van der Waals surface area contributed by atoms with Crippen molar-refractivity contribution in [2.45, 2.75) is 44.7 Å². The molecule has 116 valence electrons. The van der Waals surface area contributed by atoms with Crippen LogP contribution in [0.25, 0.3) is 0 Å². The number of rotatable bonds is 5. The summed E-state index contributed by atoms with van der Waals surface area (Å²) in [5.41, 5.74) is 0.820. The van der Waals surface area contributed by atoms with Crippen molar-refractivity contribution < 1.29 is 9.50 Å². The maximum atomic E-state index is 13.1. The van der Waals surface area contributed by atoms with Gasteiger partial charge in [-0.2, -0.15) is 0 Å². The zero-order valence-corrected chi connectivity index (χ0v) is 12.7. The van der Waals surface area contributed by atoms with Crippen LogP contribution in [0.1, 0.15) is 44.2 Å². The number of nitrogens with one attached hydrogen (secondary N) is 1. The fraction of sp³-hybridized carbons (Fsp3) is 0.647. The lowest BCUT2D eigenvalue weighted by atomic mass is 9.99. The number of aromatic hydroxyl groups is 1. The lowest BCUT2D eigenvalue weighted by Gasteiger charge is -2.36. The van der Waals surface area contributed by atoms with Gasteiger partial charge in [-0.15, -0.1) is 0 Å². The van der Waals surface area contributed by atoms with Crippen molar-refractivity contribution in [3.8, 4) is 5.75 Å². The Labute approximate surface area is 126 Å². The van der Waals surface area contributed by atoms with Crippen molar-refractivity contribution >= 4 is 0 Å². The Morgan fingerprint density at radius 2 is 2.00 bits per heavy atom. The maximum absolute atomic E-state index is 13.1. The SMILES string of the molecule is CC(c1ccc(F)cc1O)N1CCC(NCC2CC2)CC1. The third kappa shape index (κ3) is 3.74. The third-order valence-corrected chi connectivity index (χ3v) is 4.91. The lowest BCUT2D eigenvalue weighted by Crippen LogP contribution is -2.43. The van der Waals surface area contributed by atoms with Gasteiger partial charge in [0, 0.05) is 36.8 Å². The minimum atomic E-state index is -0.383. The number of likely N-dealkylation sites (tertiary alicyclic amines) is 1. The molecule has 21 heavy (non-hydrogen) atoms. The summed E-state index contributed by atoms with van der Waals surface area (Å²) in [5, 5.41) is 13.6. The van der Waals surface area contributed by atoms with E-state index in [1.165, 1.54) is 31.5 Å². The van der Waals surface area contributed by atoms with E-state index in [0.29, 0.717) is 6.04 Å². The summed E-state index contributed by atoms with van der Waals surface area (Å²) in [6.45, 7) is 5.32. The minimum Gasteiger partial charge on any atom is -0.508 e. The van der Waals surface area contributed by atoms with Gasteiger partial charge in [0.25, 0.3) is 0 Å². The molecule has 1 saturated carbocycles. The summed E-state index contributed by atoms with van der Waals surface area (Å²) in [4.78, 5) is 2.38. The monoisotopic (exact) mass is 292 g/mol. The second-order valence-corrected chi connectivity index (χ2v) is 6.54. The first-order valence-corrected chi connectivity index (χ1v) is 8.09. The number of halogens is 1. The topological polar surface area (TPSA) is 35.5 Å². The summed E-state index contributed by atoms with van der Waals surface area (Å²) in [5.74, 6) is 0.612. The fourth-order valence-corrected chi connectivity index (χ4v) is 3.21. The molecule has 2 aliphatic rings. The van der Waals surface area contributed by atoms with E-state index >= 15 is 0 Å². The zero-order valence-electron chi connectivity index (χ0n) is 12.7. The summed E-state index contributed by atoms with van der Waals surface area (Å²) in [7, 11) is 0. The van der Waals surface area contributed by atoms with E-state index in [1.807, 2.05) is 0 Å². The highest BCUT2D eigenvalue weighted by molar-refractivity contribution is 5.35. The molecule has 0 spiro atoms. The Morgan fingerprint density at radius 3 is 2.62 bits per heavy atom. The van der Waals surface area contributed by atoms with Crippen LogP contribution in [0.4, 0.5) is 4.39 Å². The van der Waals surface area contributed by atoms with Gasteiger partial charge in [-0.1, -0.05) is 6.07 Å². The Balaban J connectivity index is 1.52. The predicted molar refractivity (Wildman–Crippen MR) is 81.8 cm³/mol. The van der Waals surface area contributed by atoms with E-state index in [0.717, 1.165) is 37.4 Å². The van der Waals surface area contributed by atoms with Crippen molar-refractivity contribution in [2.75, 3.05) is 19.6 Å².